The van der Waals surface area contributed by atoms with Gasteiger partial charge < -0.3 is 43.2 Å². The molecule has 0 radical (unpaired) electrons. The molecule has 11 N–H and O–H groups in total. The first-order valence-electron chi connectivity index (χ1n) is 9.56. The molecule has 13 heteroatoms. The average Bonchev–Trinajstić information content (AvgIpc) is 2.74. The van der Waals surface area contributed by atoms with E-state index in [1.807, 2.05) is 19.1 Å². The van der Waals surface area contributed by atoms with Gasteiger partial charge in [-0.25, -0.2) is 9.89 Å². The van der Waals surface area contributed by atoms with Gasteiger partial charge in [-0.05, 0) is 24.1 Å². The van der Waals surface area contributed by atoms with Gasteiger partial charge in [0.15, 0.2) is 0 Å². The van der Waals surface area contributed by atoms with Crippen LogP contribution in [0.25, 0.3) is 0 Å². The molecule has 0 saturated carbocycles. The van der Waals surface area contributed by atoms with Gasteiger partial charge in [-0.1, -0.05) is 37.1 Å². The van der Waals surface area contributed by atoms with Crippen LogP contribution in [0.3, 0.4) is 0 Å². The monoisotopic (exact) mass is 489 g/mol. The number of nitrogens with zero attached hydrogens (tertiary/aromatic N) is 2. The molecular weight excluding hydrogens is 461 g/mol. The number of carbonyl (C=O) groups excluding carboxylic acids is 1. The summed E-state index contributed by atoms with van der Waals surface area (Å²) in [6, 6.07) is 6.74. The molecule has 1 amide bonds. The number of rotatable bonds is 9. The number of primary amides is 1. The summed E-state index contributed by atoms with van der Waals surface area (Å²) < 4.78 is 5.41. The lowest BCUT2D eigenvalue weighted by Gasteiger charge is -2.31. The number of carbonyl (C=O) groups is 1. The SMILES string of the molecule is CCCC(N=C(N)N1C(N)=C(Cl)NC(C(N)=O)=C1N)c1ccc(OCC(O)CO)cc1.Cl. The summed E-state index contributed by atoms with van der Waals surface area (Å²) in [6.07, 6.45) is 0.526. The Labute approximate surface area is 197 Å². The van der Waals surface area contributed by atoms with Gasteiger partial charge in [0.25, 0.3) is 5.91 Å². The number of nitrogens with one attached hydrogen (secondary N) is 1. The zero-order chi connectivity index (χ0) is 23.1. The van der Waals surface area contributed by atoms with Crippen molar-refractivity contribution in [2.24, 2.45) is 27.9 Å². The average molecular weight is 490 g/mol. The second-order valence-corrected chi connectivity index (χ2v) is 7.17. The number of halogens is 2. The Morgan fingerprint density at radius 2 is 1.88 bits per heavy atom. The number of aliphatic hydroxyl groups is 2. The first-order valence-corrected chi connectivity index (χ1v) is 9.94. The largest absolute Gasteiger partial charge is 0.491 e. The normalized spacial score (nSPS) is 16.2. The molecule has 1 aliphatic heterocycles. The van der Waals surface area contributed by atoms with Crippen LogP contribution in [0, 0.1) is 0 Å². The van der Waals surface area contributed by atoms with Crippen LogP contribution in [-0.4, -0.2) is 46.3 Å². The van der Waals surface area contributed by atoms with Gasteiger partial charge in [0.05, 0.1) is 12.6 Å². The third-order valence-electron chi connectivity index (χ3n) is 4.44. The molecule has 0 aliphatic carbocycles. The number of aliphatic imine (C=N–C) groups is 1. The predicted molar refractivity (Wildman–Crippen MR) is 124 cm³/mol. The van der Waals surface area contributed by atoms with Crippen LogP contribution >= 0.6 is 24.0 Å². The summed E-state index contributed by atoms with van der Waals surface area (Å²) in [6.45, 7) is 1.59. The number of amides is 1. The van der Waals surface area contributed by atoms with Crippen molar-refractivity contribution in [2.75, 3.05) is 13.2 Å². The van der Waals surface area contributed by atoms with E-state index in [9.17, 15) is 9.90 Å². The van der Waals surface area contributed by atoms with Crippen LogP contribution < -0.4 is 33.0 Å². The van der Waals surface area contributed by atoms with Crippen molar-refractivity contribution in [2.45, 2.75) is 31.9 Å². The second kappa shape index (κ2) is 12.2. The summed E-state index contributed by atoms with van der Waals surface area (Å²) >= 11 is 6.05. The fourth-order valence-electron chi connectivity index (χ4n) is 2.84. The first-order chi connectivity index (χ1) is 14.7. The maximum atomic E-state index is 11.6. The van der Waals surface area contributed by atoms with Crippen molar-refractivity contribution in [3.63, 3.8) is 0 Å². The number of guanidine groups is 1. The smallest absolute Gasteiger partial charge is 0.268 e. The number of benzene rings is 1. The third kappa shape index (κ3) is 6.57. The minimum absolute atomic E-state index is 0. The summed E-state index contributed by atoms with van der Waals surface area (Å²) in [7, 11) is 0. The van der Waals surface area contributed by atoms with E-state index >= 15 is 0 Å². The summed E-state index contributed by atoms with van der Waals surface area (Å²) in [5.74, 6) is -0.488. The lowest BCUT2D eigenvalue weighted by Crippen LogP contribution is -2.49. The standard InChI is InChI=1S/C19H28ClN7O4.ClH/c1-2-3-13(10-4-6-12(7-5-10)31-9-11(29)8-28)25-19(24)27-16(21)14(18(23)30)26-15(20)17(27)22;/h4-7,11,13,26,28-29H,2-3,8-9,21-22H2,1H3,(H2,23,30)(H2,24,25);1H. The highest BCUT2D eigenvalue weighted by atomic mass is 35.5. The lowest BCUT2D eigenvalue weighted by atomic mass is 10.0. The van der Waals surface area contributed by atoms with Crippen LogP contribution in [0.5, 0.6) is 5.75 Å². The highest BCUT2D eigenvalue weighted by Crippen LogP contribution is 2.27. The number of ether oxygens (including phenoxy) is 1. The fraction of sp³-hybridized carbons (Fsp3) is 0.368. The number of nitrogens with two attached hydrogens (primary N) is 4. The molecule has 11 nitrogen and oxygen atoms in total. The number of hydrogen-bond donors (Lipinski definition) is 7. The maximum absolute atomic E-state index is 11.6. The van der Waals surface area contributed by atoms with Crippen molar-refractivity contribution in [3.8, 4) is 5.75 Å². The van der Waals surface area contributed by atoms with E-state index in [-0.39, 0.29) is 60.1 Å². The molecule has 1 aromatic carbocycles. The van der Waals surface area contributed by atoms with Crippen LogP contribution in [0.4, 0.5) is 0 Å². The molecule has 0 saturated heterocycles. The minimum atomic E-state index is -0.954. The Hall–Kier alpha value is -2.86. The molecule has 2 rings (SSSR count). The summed E-state index contributed by atoms with van der Waals surface area (Å²) in [5.41, 5.74) is 24.2. The lowest BCUT2D eigenvalue weighted by molar-refractivity contribution is -0.115. The van der Waals surface area contributed by atoms with Crippen molar-refractivity contribution in [3.05, 3.63) is 52.3 Å². The van der Waals surface area contributed by atoms with Gasteiger partial charge >= 0.3 is 0 Å². The molecule has 32 heavy (non-hydrogen) atoms. The van der Waals surface area contributed by atoms with Gasteiger partial charge in [-0.2, -0.15) is 0 Å². The van der Waals surface area contributed by atoms with Gasteiger partial charge in [0, 0.05) is 0 Å². The zero-order valence-corrected chi connectivity index (χ0v) is 19.1. The van der Waals surface area contributed by atoms with Crippen LogP contribution in [-0.2, 0) is 4.79 Å². The number of hydrogen-bond acceptors (Lipinski definition) is 8. The van der Waals surface area contributed by atoms with E-state index in [4.69, 9.17) is 44.4 Å². The van der Waals surface area contributed by atoms with Crippen LogP contribution in [0.1, 0.15) is 31.4 Å². The summed E-state index contributed by atoms with van der Waals surface area (Å²) in [4.78, 5) is 17.3. The molecule has 0 bridgehead atoms. The zero-order valence-electron chi connectivity index (χ0n) is 17.5. The Balaban J connectivity index is 0.00000512. The predicted octanol–water partition coefficient (Wildman–Crippen LogP) is -0.161. The van der Waals surface area contributed by atoms with E-state index in [0.717, 1.165) is 16.9 Å². The summed E-state index contributed by atoms with van der Waals surface area (Å²) in [5, 5.41) is 20.7. The van der Waals surface area contributed by atoms with Crippen LogP contribution in [0.15, 0.2) is 51.8 Å². The number of aliphatic hydroxyl groups excluding tert-OH is 2. The van der Waals surface area contributed by atoms with Crippen LogP contribution in [0.2, 0.25) is 0 Å². The molecule has 1 aromatic rings. The second-order valence-electron chi connectivity index (χ2n) is 6.79. The minimum Gasteiger partial charge on any atom is -0.491 e. The van der Waals surface area contributed by atoms with E-state index in [2.05, 4.69) is 10.3 Å². The fourth-order valence-corrected chi connectivity index (χ4v) is 3.02. The molecule has 2 atom stereocenters. The first kappa shape index (κ1) is 27.2. The van der Waals surface area contributed by atoms with Gasteiger partial charge in [0.2, 0.25) is 5.96 Å². The Kier molecular flexibility index (Phi) is 10.4. The molecular formula is C19H29Cl2N7O4. The van der Waals surface area contributed by atoms with Crippen molar-refractivity contribution in [1.29, 1.82) is 0 Å². The third-order valence-corrected chi connectivity index (χ3v) is 4.73. The topological polar surface area (TPSA) is 198 Å². The van der Waals surface area contributed by atoms with E-state index in [1.165, 1.54) is 0 Å². The van der Waals surface area contributed by atoms with E-state index in [0.29, 0.717) is 12.2 Å². The highest BCUT2D eigenvalue weighted by molar-refractivity contribution is 6.30. The molecule has 2 unspecified atom stereocenters. The molecule has 0 spiro atoms. The quantitative estimate of drug-likeness (QED) is 0.140. The molecule has 0 aromatic heterocycles. The van der Waals surface area contributed by atoms with Crippen molar-refractivity contribution < 1.29 is 19.7 Å². The molecule has 0 fully saturated rings. The van der Waals surface area contributed by atoms with Crippen molar-refractivity contribution in [1.82, 2.24) is 10.2 Å². The van der Waals surface area contributed by atoms with E-state index in [1.54, 1.807) is 12.1 Å². The molecule has 178 valence electrons. The van der Waals surface area contributed by atoms with Gasteiger partial charge in [0.1, 0.15) is 41.0 Å². The van der Waals surface area contributed by atoms with E-state index < -0.39 is 12.0 Å². The molecule has 1 aliphatic rings. The highest BCUT2D eigenvalue weighted by Gasteiger charge is 2.29. The Morgan fingerprint density at radius 1 is 1.25 bits per heavy atom. The van der Waals surface area contributed by atoms with Crippen molar-refractivity contribution >= 4 is 35.9 Å². The molecule has 1 heterocycles. The Morgan fingerprint density at radius 3 is 2.41 bits per heavy atom. The van der Waals surface area contributed by atoms with Gasteiger partial charge in [-0.15, -0.1) is 12.4 Å². The Bertz CT molecular complexity index is 890. The maximum Gasteiger partial charge on any atom is 0.268 e. The van der Waals surface area contributed by atoms with Gasteiger partial charge in [-0.3, -0.25) is 4.79 Å².